The van der Waals surface area contributed by atoms with Crippen LogP contribution in [0.1, 0.15) is 43.0 Å². The zero-order chi connectivity index (χ0) is 16.1. The molecule has 1 aromatic heterocycles. The van der Waals surface area contributed by atoms with Crippen LogP contribution in [0.25, 0.3) is 0 Å². The van der Waals surface area contributed by atoms with Crippen LogP contribution in [0.15, 0.2) is 6.20 Å². The standard InChI is InChI=1S/C12H14F3N3O3S/c13-12(14,15)22(20,21)18-7-8-3-1-4-9(11(8)16-18)17-6-2-5-10(17)19/h7,9H,1-6H2/t9-/m1/s1. The first kappa shape index (κ1) is 15.3. The van der Waals surface area contributed by atoms with Crippen LogP contribution < -0.4 is 0 Å². The summed E-state index contributed by atoms with van der Waals surface area (Å²) in [6.45, 7) is 0.530. The van der Waals surface area contributed by atoms with Crippen LogP contribution in [0.4, 0.5) is 13.2 Å². The molecule has 22 heavy (non-hydrogen) atoms. The van der Waals surface area contributed by atoms with Crippen molar-refractivity contribution in [1.29, 1.82) is 0 Å². The van der Waals surface area contributed by atoms with Gasteiger partial charge in [-0.25, -0.2) is 0 Å². The maximum atomic E-state index is 12.6. The monoisotopic (exact) mass is 337 g/mol. The lowest BCUT2D eigenvalue weighted by Crippen LogP contribution is -2.33. The van der Waals surface area contributed by atoms with Gasteiger partial charge in [-0.05, 0) is 31.2 Å². The number of halogens is 3. The van der Waals surface area contributed by atoms with E-state index in [2.05, 4.69) is 5.10 Å². The van der Waals surface area contributed by atoms with Gasteiger partial charge in [-0.1, -0.05) is 0 Å². The van der Waals surface area contributed by atoms with Gasteiger partial charge in [0.2, 0.25) is 5.91 Å². The Hall–Kier alpha value is -1.58. The smallest absolute Gasteiger partial charge is 0.334 e. The van der Waals surface area contributed by atoms with E-state index >= 15 is 0 Å². The van der Waals surface area contributed by atoms with Gasteiger partial charge in [0, 0.05) is 19.2 Å². The van der Waals surface area contributed by atoms with Crippen molar-refractivity contribution in [2.24, 2.45) is 0 Å². The van der Waals surface area contributed by atoms with Crippen molar-refractivity contribution in [3.8, 4) is 0 Å². The van der Waals surface area contributed by atoms with Crippen LogP contribution in [0.5, 0.6) is 0 Å². The third kappa shape index (κ3) is 2.29. The molecule has 0 saturated carbocycles. The lowest BCUT2D eigenvalue weighted by atomic mass is 9.93. The predicted octanol–water partition coefficient (Wildman–Crippen LogP) is 1.58. The third-order valence-electron chi connectivity index (χ3n) is 4.07. The van der Waals surface area contributed by atoms with Gasteiger partial charge in [0.05, 0.1) is 11.7 Å². The first-order chi connectivity index (χ1) is 10.2. The molecular formula is C12H14F3N3O3S. The van der Waals surface area contributed by atoms with E-state index in [1.165, 1.54) is 0 Å². The minimum absolute atomic E-state index is 0.00344. The fraction of sp³-hybridized carbons (Fsp3) is 0.667. The lowest BCUT2D eigenvalue weighted by Gasteiger charge is -2.30. The van der Waals surface area contributed by atoms with E-state index in [1.54, 1.807) is 4.90 Å². The van der Waals surface area contributed by atoms with E-state index < -0.39 is 21.6 Å². The summed E-state index contributed by atoms with van der Waals surface area (Å²) >= 11 is 0. The van der Waals surface area contributed by atoms with Crippen LogP contribution in [-0.2, 0) is 21.2 Å². The number of aromatic nitrogens is 2. The Morgan fingerprint density at radius 3 is 2.55 bits per heavy atom. The summed E-state index contributed by atoms with van der Waals surface area (Å²) in [5.74, 6) is -0.0638. The van der Waals surface area contributed by atoms with Gasteiger partial charge in [-0.15, -0.1) is 0 Å². The molecule has 1 fully saturated rings. The molecule has 0 spiro atoms. The Morgan fingerprint density at radius 1 is 1.23 bits per heavy atom. The SMILES string of the molecule is O=C1CCCN1[C@@H]1CCCc2cn(S(=O)(=O)C(F)(F)F)nc21. The topological polar surface area (TPSA) is 72.3 Å². The van der Waals surface area contributed by atoms with E-state index in [9.17, 15) is 26.4 Å². The number of likely N-dealkylation sites (tertiary alicyclic amines) is 1. The van der Waals surface area contributed by atoms with Crippen LogP contribution in [-0.4, -0.2) is 40.5 Å². The molecule has 1 saturated heterocycles. The molecular weight excluding hydrogens is 323 g/mol. The molecule has 10 heteroatoms. The molecule has 1 atom stereocenters. The van der Waals surface area contributed by atoms with E-state index in [0.29, 0.717) is 44.2 Å². The highest BCUT2D eigenvalue weighted by atomic mass is 32.2. The number of hydrogen-bond donors (Lipinski definition) is 0. The van der Waals surface area contributed by atoms with Crippen molar-refractivity contribution in [2.45, 2.75) is 43.7 Å². The fourth-order valence-electron chi connectivity index (χ4n) is 3.03. The molecule has 0 bridgehead atoms. The van der Waals surface area contributed by atoms with Gasteiger partial charge in [-0.3, -0.25) is 4.79 Å². The van der Waals surface area contributed by atoms with Gasteiger partial charge in [0.25, 0.3) is 0 Å². The molecule has 2 heterocycles. The fourth-order valence-corrected chi connectivity index (χ4v) is 3.70. The molecule has 0 aromatic carbocycles. The lowest BCUT2D eigenvalue weighted by molar-refractivity contribution is -0.130. The van der Waals surface area contributed by atoms with Crippen molar-refractivity contribution in [3.05, 3.63) is 17.5 Å². The number of amides is 1. The van der Waals surface area contributed by atoms with Crippen molar-refractivity contribution >= 4 is 15.9 Å². The number of aryl methyl sites for hydroxylation is 1. The molecule has 0 unspecified atom stereocenters. The molecule has 1 aliphatic heterocycles. The summed E-state index contributed by atoms with van der Waals surface area (Å²) in [5.41, 5.74) is -4.67. The molecule has 0 N–H and O–H groups in total. The van der Waals surface area contributed by atoms with Crippen molar-refractivity contribution in [2.75, 3.05) is 6.54 Å². The van der Waals surface area contributed by atoms with Crippen LogP contribution >= 0.6 is 0 Å². The summed E-state index contributed by atoms with van der Waals surface area (Å²) in [5, 5.41) is 3.66. The normalized spacial score (nSPS) is 23.0. The van der Waals surface area contributed by atoms with Crippen molar-refractivity contribution in [1.82, 2.24) is 14.1 Å². The molecule has 122 valence electrons. The first-order valence-electron chi connectivity index (χ1n) is 6.91. The summed E-state index contributed by atoms with van der Waals surface area (Å²) in [6, 6.07) is -0.427. The van der Waals surface area contributed by atoms with Crippen LogP contribution in [0, 0.1) is 0 Å². The maximum absolute atomic E-state index is 12.6. The van der Waals surface area contributed by atoms with Crippen LogP contribution in [0.2, 0.25) is 0 Å². The number of rotatable bonds is 2. The molecule has 1 aromatic rings. The number of hydrogen-bond acceptors (Lipinski definition) is 4. The number of alkyl halides is 3. The van der Waals surface area contributed by atoms with Gasteiger partial charge in [0.15, 0.2) is 0 Å². The second-order valence-electron chi connectivity index (χ2n) is 5.46. The quantitative estimate of drug-likeness (QED) is 0.821. The van der Waals surface area contributed by atoms with E-state index in [0.717, 1.165) is 6.20 Å². The van der Waals surface area contributed by atoms with E-state index in [-0.39, 0.29) is 15.7 Å². The Morgan fingerprint density at radius 2 is 1.95 bits per heavy atom. The Kier molecular flexibility index (Phi) is 3.46. The molecule has 1 amide bonds. The minimum Gasteiger partial charge on any atom is -0.334 e. The van der Waals surface area contributed by atoms with Gasteiger partial charge < -0.3 is 4.90 Å². The highest BCUT2D eigenvalue weighted by Crippen LogP contribution is 2.36. The predicted molar refractivity (Wildman–Crippen MR) is 69.2 cm³/mol. The third-order valence-corrected chi connectivity index (χ3v) is 5.33. The van der Waals surface area contributed by atoms with Gasteiger partial charge in [0.1, 0.15) is 0 Å². The van der Waals surface area contributed by atoms with E-state index in [4.69, 9.17) is 0 Å². The summed E-state index contributed by atoms with van der Waals surface area (Å²) in [4.78, 5) is 13.4. The summed E-state index contributed by atoms with van der Waals surface area (Å²) < 4.78 is 60.8. The molecule has 3 rings (SSSR count). The summed E-state index contributed by atoms with van der Waals surface area (Å²) in [6.07, 6.45) is 3.76. The molecule has 2 aliphatic rings. The molecule has 6 nitrogen and oxygen atoms in total. The van der Waals surface area contributed by atoms with Gasteiger partial charge >= 0.3 is 15.5 Å². The van der Waals surface area contributed by atoms with Gasteiger partial charge in [-0.2, -0.15) is 30.8 Å². The largest absolute Gasteiger partial charge is 0.518 e. The average molecular weight is 337 g/mol. The zero-order valence-electron chi connectivity index (χ0n) is 11.5. The maximum Gasteiger partial charge on any atom is 0.518 e. The highest BCUT2D eigenvalue weighted by Gasteiger charge is 2.49. The van der Waals surface area contributed by atoms with E-state index in [1.807, 2.05) is 0 Å². The zero-order valence-corrected chi connectivity index (χ0v) is 12.3. The second-order valence-corrected chi connectivity index (χ2v) is 7.25. The van der Waals surface area contributed by atoms with Crippen molar-refractivity contribution in [3.63, 3.8) is 0 Å². The van der Waals surface area contributed by atoms with Crippen molar-refractivity contribution < 1.29 is 26.4 Å². The Labute approximate surface area is 124 Å². The second kappa shape index (κ2) is 4.97. The Bertz CT molecular complexity index is 711. The average Bonchev–Trinajstić information content (AvgIpc) is 3.02. The number of carbonyl (C=O) groups excluding carboxylic acids is 1. The first-order valence-corrected chi connectivity index (χ1v) is 8.35. The molecule has 1 aliphatic carbocycles. The minimum atomic E-state index is -5.53. The highest BCUT2D eigenvalue weighted by molar-refractivity contribution is 7.90. The number of fused-ring (bicyclic) bond motifs is 1. The number of nitrogens with zero attached hydrogens (tertiary/aromatic N) is 3. The Balaban J connectivity index is 2.01. The summed E-state index contributed by atoms with van der Waals surface area (Å²) in [7, 11) is -5.53. The number of carbonyl (C=O) groups is 1. The molecule has 0 radical (unpaired) electrons. The van der Waals surface area contributed by atoms with Crippen LogP contribution in [0.3, 0.4) is 0 Å².